The van der Waals surface area contributed by atoms with Crippen LogP contribution in [0.1, 0.15) is 34.7 Å². The van der Waals surface area contributed by atoms with Crippen molar-refractivity contribution in [2.45, 2.75) is 31.8 Å². The lowest BCUT2D eigenvalue weighted by Gasteiger charge is -2.26. The van der Waals surface area contributed by atoms with E-state index in [-0.39, 0.29) is 5.91 Å². The Morgan fingerprint density at radius 1 is 1.38 bits per heavy atom. The van der Waals surface area contributed by atoms with Crippen LogP contribution in [0.3, 0.4) is 0 Å². The van der Waals surface area contributed by atoms with Gasteiger partial charge in [-0.15, -0.1) is 0 Å². The van der Waals surface area contributed by atoms with Crippen LogP contribution in [0.4, 0.5) is 5.95 Å². The number of nitrogens with zero attached hydrogens (tertiary/aromatic N) is 4. The van der Waals surface area contributed by atoms with Crippen LogP contribution in [-0.2, 0) is 13.0 Å². The minimum absolute atomic E-state index is 0.111. The third-order valence-electron chi connectivity index (χ3n) is 3.85. The molecule has 108 valence electrons. The van der Waals surface area contributed by atoms with E-state index in [1.165, 1.54) is 0 Å². The van der Waals surface area contributed by atoms with Crippen LogP contribution in [-0.4, -0.2) is 38.4 Å². The molecule has 0 aromatic carbocycles. The van der Waals surface area contributed by atoms with Crippen LogP contribution >= 0.6 is 0 Å². The number of amides is 1. The number of carbonyl (C=O) groups is 1. The van der Waals surface area contributed by atoms with Crippen molar-refractivity contribution >= 4 is 11.9 Å². The fourth-order valence-electron chi connectivity index (χ4n) is 2.50. The van der Waals surface area contributed by atoms with Crippen molar-refractivity contribution in [1.82, 2.24) is 25.3 Å². The number of anilines is 1. The van der Waals surface area contributed by atoms with Gasteiger partial charge in [0.25, 0.3) is 5.91 Å². The zero-order chi connectivity index (χ0) is 14.2. The number of carbonyl (C=O) groups excluding carboxylic acids is 1. The Morgan fingerprint density at radius 3 is 3.14 bits per heavy atom. The van der Waals surface area contributed by atoms with Gasteiger partial charge in [-0.2, -0.15) is 0 Å². The largest absolute Gasteiger partial charge is 0.348 e. The second-order valence-electron chi connectivity index (χ2n) is 5.49. The molecular weight excluding hydrogens is 268 g/mol. The number of rotatable bonds is 3. The zero-order valence-corrected chi connectivity index (χ0v) is 11.5. The first kappa shape index (κ1) is 12.3. The molecule has 1 aliphatic heterocycles. The van der Waals surface area contributed by atoms with E-state index in [0.717, 1.165) is 37.2 Å². The first-order valence-corrected chi connectivity index (χ1v) is 7.19. The van der Waals surface area contributed by atoms with Gasteiger partial charge in [0.1, 0.15) is 5.69 Å². The molecule has 2 N–H and O–H groups in total. The maximum atomic E-state index is 12.1. The fraction of sp³-hybridized carbons (Fsp3) is 0.429. The molecule has 1 fully saturated rings. The molecule has 0 bridgehead atoms. The van der Waals surface area contributed by atoms with Crippen molar-refractivity contribution in [1.29, 1.82) is 0 Å². The number of hydrogen-bond acceptors (Lipinski definition) is 5. The lowest BCUT2D eigenvalue weighted by Crippen LogP contribution is -2.33. The Kier molecular flexibility index (Phi) is 2.83. The lowest BCUT2D eigenvalue weighted by molar-refractivity contribution is 0.0946. The van der Waals surface area contributed by atoms with Gasteiger partial charge in [0.15, 0.2) is 0 Å². The first-order chi connectivity index (χ1) is 10.3. The predicted molar refractivity (Wildman–Crippen MR) is 75.9 cm³/mol. The summed E-state index contributed by atoms with van der Waals surface area (Å²) in [6.45, 7) is 1.51. The van der Waals surface area contributed by atoms with Gasteiger partial charge in [0.2, 0.25) is 5.95 Å². The minimum atomic E-state index is -0.111. The molecule has 3 heterocycles. The summed E-state index contributed by atoms with van der Waals surface area (Å²) in [5.74, 6) is 0.485. The van der Waals surface area contributed by atoms with Crippen LogP contribution in [0.5, 0.6) is 0 Å². The predicted octanol–water partition coefficient (Wildman–Crippen LogP) is 0.655. The first-order valence-electron chi connectivity index (χ1n) is 7.19. The van der Waals surface area contributed by atoms with Crippen molar-refractivity contribution in [3.63, 3.8) is 0 Å². The molecule has 4 rings (SSSR count). The number of H-pyrrole nitrogens is 1. The van der Waals surface area contributed by atoms with Crippen molar-refractivity contribution in [2.24, 2.45) is 0 Å². The molecule has 2 aromatic rings. The van der Waals surface area contributed by atoms with E-state index in [1.54, 1.807) is 18.6 Å². The van der Waals surface area contributed by atoms with E-state index >= 15 is 0 Å². The highest BCUT2D eigenvalue weighted by atomic mass is 16.2. The minimum Gasteiger partial charge on any atom is -0.348 e. The van der Waals surface area contributed by atoms with Crippen molar-refractivity contribution in [3.05, 3.63) is 35.7 Å². The Hall–Kier alpha value is -2.44. The van der Waals surface area contributed by atoms with Gasteiger partial charge >= 0.3 is 0 Å². The van der Waals surface area contributed by atoms with Gasteiger partial charge < -0.3 is 15.2 Å². The summed E-state index contributed by atoms with van der Waals surface area (Å²) in [6.07, 6.45) is 6.36. The van der Waals surface area contributed by atoms with Gasteiger partial charge in [-0.3, -0.25) is 4.79 Å². The van der Waals surface area contributed by atoms with Gasteiger partial charge in [-0.1, -0.05) is 0 Å². The molecule has 0 radical (unpaired) electrons. The molecule has 1 aliphatic carbocycles. The molecule has 0 unspecified atom stereocenters. The highest BCUT2D eigenvalue weighted by Gasteiger charge is 2.25. The molecular formula is C14H16N6O. The fourth-order valence-corrected chi connectivity index (χ4v) is 2.50. The van der Waals surface area contributed by atoms with Crippen LogP contribution in [0.15, 0.2) is 18.6 Å². The highest BCUT2D eigenvalue weighted by Crippen LogP contribution is 2.21. The molecule has 7 heteroatoms. The molecule has 7 nitrogen and oxygen atoms in total. The summed E-state index contributed by atoms with van der Waals surface area (Å²) in [5.41, 5.74) is 2.63. The standard InChI is InChI=1S/C14H16N6O/c21-13(18-9-1-2-9)11-3-5-15-14(19-11)20-6-4-10-12(7-20)17-8-16-10/h3,5,8-9H,1-2,4,6-7H2,(H,16,17)(H,18,21). The van der Waals surface area contributed by atoms with E-state index in [9.17, 15) is 4.79 Å². The SMILES string of the molecule is O=C(NC1CC1)c1ccnc(N2CCc3nc[nH]c3C2)n1. The van der Waals surface area contributed by atoms with Crippen molar-refractivity contribution < 1.29 is 4.79 Å². The van der Waals surface area contributed by atoms with Crippen LogP contribution in [0, 0.1) is 0 Å². The van der Waals surface area contributed by atoms with Crippen LogP contribution in [0.25, 0.3) is 0 Å². The Labute approximate surface area is 121 Å². The van der Waals surface area contributed by atoms with E-state index < -0.39 is 0 Å². The van der Waals surface area contributed by atoms with Gasteiger partial charge in [-0.05, 0) is 18.9 Å². The molecule has 21 heavy (non-hydrogen) atoms. The van der Waals surface area contributed by atoms with Gasteiger partial charge in [0.05, 0.1) is 24.3 Å². The smallest absolute Gasteiger partial charge is 0.270 e. The monoisotopic (exact) mass is 284 g/mol. The quantitative estimate of drug-likeness (QED) is 0.864. The van der Waals surface area contributed by atoms with Gasteiger partial charge in [0, 0.05) is 25.2 Å². The summed E-state index contributed by atoms with van der Waals surface area (Å²) in [7, 11) is 0. The maximum Gasteiger partial charge on any atom is 0.270 e. The number of fused-ring (bicyclic) bond motifs is 1. The Bertz CT molecular complexity index is 678. The zero-order valence-electron chi connectivity index (χ0n) is 11.5. The molecule has 1 saturated carbocycles. The van der Waals surface area contributed by atoms with Crippen molar-refractivity contribution in [2.75, 3.05) is 11.4 Å². The third-order valence-corrected chi connectivity index (χ3v) is 3.85. The summed E-state index contributed by atoms with van der Waals surface area (Å²) in [4.78, 5) is 30.2. The summed E-state index contributed by atoms with van der Waals surface area (Å²) < 4.78 is 0. The molecule has 2 aromatic heterocycles. The van der Waals surface area contributed by atoms with E-state index in [2.05, 4.69) is 30.2 Å². The van der Waals surface area contributed by atoms with E-state index in [4.69, 9.17) is 0 Å². The second-order valence-corrected chi connectivity index (χ2v) is 5.49. The highest BCUT2D eigenvalue weighted by molar-refractivity contribution is 5.92. The summed E-state index contributed by atoms with van der Waals surface area (Å²) in [6, 6.07) is 1.99. The normalized spacial score (nSPS) is 17.4. The lowest BCUT2D eigenvalue weighted by atomic mass is 10.1. The van der Waals surface area contributed by atoms with Crippen LogP contribution in [0.2, 0.25) is 0 Å². The Balaban J connectivity index is 1.54. The molecule has 1 amide bonds. The number of aromatic nitrogens is 4. The van der Waals surface area contributed by atoms with Gasteiger partial charge in [-0.25, -0.2) is 15.0 Å². The molecule has 0 spiro atoms. The number of hydrogen-bond donors (Lipinski definition) is 2. The summed E-state index contributed by atoms with van der Waals surface area (Å²) in [5, 5.41) is 2.95. The number of imidazole rings is 1. The number of aromatic amines is 1. The average Bonchev–Trinajstić information content (AvgIpc) is 3.20. The summed E-state index contributed by atoms with van der Waals surface area (Å²) >= 11 is 0. The third kappa shape index (κ3) is 2.46. The maximum absolute atomic E-state index is 12.1. The Morgan fingerprint density at radius 2 is 2.29 bits per heavy atom. The second kappa shape index (κ2) is 4.83. The molecule has 0 saturated heterocycles. The topological polar surface area (TPSA) is 86.8 Å². The van der Waals surface area contributed by atoms with Crippen LogP contribution < -0.4 is 10.2 Å². The van der Waals surface area contributed by atoms with Crippen molar-refractivity contribution in [3.8, 4) is 0 Å². The van der Waals surface area contributed by atoms with E-state index in [1.807, 2.05) is 0 Å². The molecule has 0 atom stereocenters. The number of nitrogens with one attached hydrogen (secondary N) is 2. The molecule has 2 aliphatic rings. The van der Waals surface area contributed by atoms with E-state index in [0.29, 0.717) is 24.2 Å². The average molecular weight is 284 g/mol.